The van der Waals surface area contributed by atoms with E-state index >= 15 is 0 Å². The van der Waals surface area contributed by atoms with E-state index in [0.717, 1.165) is 41.0 Å². The molecule has 5 rings (SSSR count). The third kappa shape index (κ3) is 4.24. The summed E-state index contributed by atoms with van der Waals surface area (Å²) < 4.78 is 11.4. The molecule has 1 fully saturated rings. The molecule has 1 saturated heterocycles. The molecule has 0 radical (unpaired) electrons. The van der Waals surface area contributed by atoms with Gasteiger partial charge in [0.05, 0.1) is 33.9 Å². The van der Waals surface area contributed by atoms with Gasteiger partial charge in [-0.2, -0.15) is 5.10 Å². The number of fused-ring (bicyclic) bond motifs is 1. The van der Waals surface area contributed by atoms with Crippen LogP contribution in [0.15, 0.2) is 42.7 Å². The van der Waals surface area contributed by atoms with Gasteiger partial charge in [0.15, 0.2) is 0 Å². The Morgan fingerprint density at radius 3 is 2.88 bits per heavy atom. The minimum absolute atomic E-state index is 0.243. The van der Waals surface area contributed by atoms with Gasteiger partial charge in [-0.05, 0) is 43.7 Å². The Labute approximate surface area is 195 Å². The molecule has 0 bridgehead atoms. The van der Waals surface area contributed by atoms with Crippen LogP contribution in [0.1, 0.15) is 17.7 Å². The van der Waals surface area contributed by atoms with Crippen LogP contribution in [0, 0.1) is 6.92 Å². The van der Waals surface area contributed by atoms with Crippen LogP contribution in [0.4, 0.5) is 5.82 Å². The Kier molecular flexibility index (Phi) is 5.87. The van der Waals surface area contributed by atoms with Crippen molar-refractivity contribution in [2.75, 3.05) is 18.5 Å². The highest BCUT2D eigenvalue weighted by Crippen LogP contribution is 2.31. The fourth-order valence-electron chi connectivity index (χ4n) is 3.68. The first-order chi connectivity index (χ1) is 15.6. The van der Waals surface area contributed by atoms with Crippen molar-refractivity contribution in [2.24, 2.45) is 0 Å². The summed E-state index contributed by atoms with van der Waals surface area (Å²) in [6.45, 7) is 3.58. The van der Waals surface area contributed by atoms with Crippen molar-refractivity contribution in [3.05, 3.63) is 64.0 Å². The topological polar surface area (TPSA) is 85.0 Å². The molecular weight excluding hydrogens is 449 g/mol. The molecule has 4 aromatic rings. The molecule has 1 atom stereocenters. The fraction of sp³-hybridized carbons (Fsp3) is 0.261. The Morgan fingerprint density at radius 2 is 2.09 bits per heavy atom. The number of benzene rings is 1. The molecule has 0 amide bonds. The first kappa shape index (κ1) is 21.0. The van der Waals surface area contributed by atoms with E-state index in [1.807, 2.05) is 43.5 Å². The number of pyridine rings is 2. The number of aromatic nitrogens is 4. The molecule has 32 heavy (non-hydrogen) atoms. The van der Waals surface area contributed by atoms with Crippen LogP contribution in [0.2, 0.25) is 10.0 Å². The van der Waals surface area contributed by atoms with Crippen LogP contribution < -0.4 is 10.1 Å². The quantitative estimate of drug-likeness (QED) is 0.392. The number of rotatable bonds is 6. The zero-order valence-electron chi connectivity index (χ0n) is 17.4. The predicted octanol–water partition coefficient (Wildman–Crippen LogP) is 5.41. The van der Waals surface area contributed by atoms with Gasteiger partial charge in [0.25, 0.3) is 0 Å². The summed E-state index contributed by atoms with van der Waals surface area (Å²) in [4.78, 5) is 8.70. The molecule has 9 heteroatoms. The molecule has 1 aromatic carbocycles. The van der Waals surface area contributed by atoms with Crippen molar-refractivity contribution in [2.45, 2.75) is 26.0 Å². The predicted molar refractivity (Wildman–Crippen MR) is 125 cm³/mol. The summed E-state index contributed by atoms with van der Waals surface area (Å²) in [6, 6.07) is 10.1. The molecule has 0 spiro atoms. The summed E-state index contributed by atoms with van der Waals surface area (Å²) in [5.74, 6) is 1.52. The van der Waals surface area contributed by atoms with Crippen LogP contribution in [-0.2, 0) is 11.3 Å². The highest BCUT2D eigenvalue weighted by atomic mass is 35.5. The molecule has 2 N–H and O–H groups in total. The van der Waals surface area contributed by atoms with Crippen molar-refractivity contribution < 1.29 is 9.47 Å². The Bertz CT molecular complexity index is 1250. The van der Waals surface area contributed by atoms with Crippen molar-refractivity contribution in [1.29, 1.82) is 0 Å². The molecule has 1 aliphatic rings. The monoisotopic (exact) mass is 469 g/mol. The van der Waals surface area contributed by atoms with Crippen molar-refractivity contribution in [3.8, 4) is 17.0 Å². The van der Waals surface area contributed by atoms with Gasteiger partial charge in [0.2, 0.25) is 0 Å². The van der Waals surface area contributed by atoms with Crippen LogP contribution >= 0.6 is 23.2 Å². The van der Waals surface area contributed by atoms with Gasteiger partial charge >= 0.3 is 0 Å². The molecular formula is C23H21Cl2N5O2. The number of nitrogens with one attached hydrogen (secondary N) is 2. The zero-order valence-corrected chi connectivity index (χ0v) is 18.9. The number of aromatic amines is 1. The minimum atomic E-state index is 0.243. The number of halogens is 2. The number of ether oxygens (including phenoxy) is 2. The molecule has 0 aliphatic carbocycles. The lowest BCUT2D eigenvalue weighted by Crippen LogP contribution is -2.19. The summed E-state index contributed by atoms with van der Waals surface area (Å²) in [7, 11) is 0. The number of nitrogens with zero attached hydrogens (tertiary/aromatic N) is 3. The van der Waals surface area contributed by atoms with Crippen molar-refractivity contribution in [1.82, 2.24) is 20.2 Å². The van der Waals surface area contributed by atoms with E-state index in [9.17, 15) is 0 Å². The van der Waals surface area contributed by atoms with E-state index in [2.05, 4.69) is 25.5 Å². The number of hydrogen-bond acceptors (Lipinski definition) is 6. The first-order valence-electron chi connectivity index (χ1n) is 10.3. The third-order valence-electron chi connectivity index (χ3n) is 5.48. The molecule has 0 saturated carbocycles. The maximum Gasteiger partial charge on any atom is 0.126 e. The lowest BCUT2D eigenvalue weighted by Gasteiger charge is -2.11. The molecule has 164 valence electrons. The van der Waals surface area contributed by atoms with Crippen molar-refractivity contribution >= 4 is 39.9 Å². The Balaban J connectivity index is 1.36. The van der Waals surface area contributed by atoms with Gasteiger partial charge in [-0.1, -0.05) is 23.2 Å². The third-order valence-corrected chi connectivity index (χ3v) is 6.31. The second kappa shape index (κ2) is 8.94. The minimum Gasteiger partial charge on any atom is -0.489 e. The first-order valence-corrected chi connectivity index (χ1v) is 11.0. The average Bonchev–Trinajstić information content (AvgIpc) is 3.47. The SMILES string of the molecule is Cc1ncc(Cl)c(COc2ccc3[nH]nc(-c4ccc(NC5CCOC5)nc4)c3c2)c1Cl. The highest BCUT2D eigenvalue weighted by molar-refractivity contribution is 6.36. The maximum absolute atomic E-state index is 6.35. The maximum atomic E-state index is 6.35. The number of hydrogen-bond donors (Lipinski definition) is 2. The molecule has 4 heterocycles. The normalized spacial score (nSPS) is 15.9. The van der Waals surface area contributed by atoms with E-state index in [1.165, 1.54) is 0 Å². The summed E-state index contributed by atoms with van der Waals surface area (Å²) in [6.07, 6.45) is 4.40. The van der Waals surface area contributed by atoms with Gasteiger partial charge in [-0.25, -0.2) is 4.98 Å². The van der Waals surface area contributed by atoms with Gasteiger partial charge < -0.3 is 14.8 Å². The number of H-pyrrole nitrogens is 1. The van der Waals surface area contributed by atoms with E-state index in [4.69, 9.17) is 32.7 Å². The zero-order chi connectivity index (χ0) is 22.1. The number of anilines is 1. The standard InChI is InChI=1S/C23H21Cl2N5O2/c1-13-22(25)18(19(24)10-26-13)12-32-16-3-4-20-17(8-16)23(30-29-20)14-2-5-21(27-9-14)28-15-6-7-31-11-15/h2-5,8-10,15H,6-7,11-12H2,1H3,(H,27,28)(H,29,30). The lowest BCUT2D eigenvalue weighted by molar-refractivity contribution is 0.195. The van der Waals surface area contributed by atoms with E-state index in [1.54, 1.807) is 6.20 Å². The van der Waals surface area contributed by atoms with Gasteiger partial charge in [0, 0.05) is 35.5 Å². The highest BCUT2D eigenvalue weighted by Gasteiger charge is 2.16. The van der Waals surface area contributed by atoms with E-state index < -0.39 is 0 Å². The van der Waals surface area contributed by atoms with Crippen LogP contribution in [0.3, 0.4) is 0 Å². The van der Waals surface area contributed by atoms with Crippen LogP contribution in [-0.4, -0.2) is 39.4 Å². The lowest BCUT2D eigenvalue weighted by atomic mass is 10.1. The molecule has 7 nitrogen and oxygen atoms in total. The van der Waals surface area contributed by atoms with E-state index in [0.29, 0.717) is 39.7 Å². The molecule has 1 aliphatic heterocycles. The van der Waals surface area contributed by atoms with Crippen molar-refractivity contribution in [3.63, 3.8) is 0 Å². The van der Waals surface area contributed by atoms with Crippen LogP contribution in [0.25, 0.3) is 22.2 Å². The second-order valence-corrected chi connectivity index (χ2v) is 8.47. The van der Waals surface area contributed by atoms with Crippen LogP contribution in [0.5, 0.6) is 5.75 Å². The van der Waals surface area contributed by atoms with Gasteiger partial charge in [-0.15, -0.1) is 0 Å². The molecule has 3 aromatic heterocycles. The number of aryl methyl sites for hydroxylation is 1. The fourth-order valence-corrected chi connectivity index (χ4v) is 4.13. The van der Waals surface area contributed by atoms with Gasteiger partial charge in [0.1, 0.15) is 23.9 Å². The smallest absolute Gasteiger partial charge is 0.126 e. The summed E-state index contributed by atoms with van der Waals surface area (Å²) in [5, 5.41) is 12.9. The average molecular weight is 470 g/mol. The summed E-state index contributed by atoms with van der Waals surface area (Å²) in [5.41, 5.74) is 4.07. The largest absolute Gasteiger partial charge is 0.489 e. The van der Waals surface area contributed by atoms with Gasteiger partial charge in [-0.3, -0.25) is 10.1 Å². The van der Waals surface area contributed by atoms with E-state index in [-0.39, 0.29) is 6.61 Å². The Hall–Kier alpha value is -2.87. The second-order valence-electron chi connectivity index (χ2n) is 7.69. The molecule has 1 unspecified atom stereocenters. The Morgan fingerprint density at radius 1 is 1.19 bits per heavy atom. The summed E-state index contributed by atoms with van der Waals surface area (Å²) >= 11 is 12.6.